The number of carbonyl (C=O) groups is 2. The quantitative estimate of drug-likeness (QED) is 0.0711. The predicted molar refractivity (Wildman–Crippen MR) is 95.1 cm³/mol. The molecule has 0 saturated carbocycles. The van der Waals surface area contributed by atoms with E-state index in [9.17, 15) is 17.3 Å². The van der Waals surface area contributed by atoms with Crippen LogP contribution in [0.3, 0.4) is 0 Å². The molecule has 15 heteroatoms. The van der Waals surface area contributed by atoms with Gasteiger partial charge < -0.3 is 0 Å². The molecule has 0 spiro atoms. The standard InChI is InChI=1S/C12H26N8O6Se/c13-7(3-1-5-19-11(15)16)9(21)25-27(23,24)26-10(22)8(14)4-2-6-20-12(17)18/h7-8H,1-6,13-14H2,(H4,15,16,19)(H4,17,18,20). The number of guanidine groups is 2. The second kappa shape index (κ2) is 12.0. The number of nitrogens with zero attached hydrogens (tertiary/aromatic N) is 2. The summed E-state index contributed by atoms with van der Waals surface area (Å²) in [6, 6.07) is -2.52. The maximum atomic E-state index is 11.7. The summed E-state index contributed by atoms with van der Waals surface area (Å²) in [5.74, 6) is -2.78. The van der Waals surface area contributed by atoms with Gasteiger partial charge in [0.05, 0.1) is 0 Å². The molecule has 12 N–H and O–H groups in total. The molecule has 27 heavy (non-hydrogen) atoms. The van der Waals surface area contributed by atoms with Gasteiger partial charge in [-0.25, -0.2) is 0 Å². The van der Waals surface area contributed by atoms with Crippen molar-refractivity contribution in [3.63, 3.8) is 0 Å². The summed E-state index contributed by atoms with van der Waals surface area (Å²) in [5, 5.41) is 0. The molecular formula is C12H26N8O6Se. The van der Waals surface area contributed by atoms with Gasteiger partial charge in [-0.1, -0.05) is 0 Å². The minimum atomic E-state index is -5.78. The van der Waals surface area contributed by atoms with Gasteiger partial charge in [0.1, 0.15) is 0 Å². The Hall–Kier alpha value is -2.48. The number of hydrogen-bond acceptors (Lipinski definition) is 10. The SMILES string of the molecule is NC(N)=NCCCC(N)C(=O)O[Se](=O)(=O)OC(=O)C(N)CCCN=C(N)N. The monoisotopic (exact) mass is 458 g/mol. The molecule has 0 aliphatic carbocycles. The van der Waals surface area contributed by atoms with Crippen LogP contribution < -0.4 is 34.4 Å². The average Bonchev–Trinajstić information content (AvgIpc) is 2.53. The Morgan fingerprint density at radius 1 is 0.778 bits per heavy atom. The van der Waals surface area contributed by atoms with E-state index in [2.05, 4.69) is 17.6 Å². The van der Waals surface area contributed by atoms with Crippen LogP contribution >= 0.6 is 0 Å². The summed E-state index contributed by atoms with van der Waals surface area (Å²) >= 11 is -5.78. The Morgan fingerprint density at radius 3 is 1.41 bits per heavy atom. The van der Waals surface area contributed by atoms with Crippen molar-refractivity contribution >= 4 is 37.2 Å². The zero-order valence-corrected chi connectivity index (χ0v) is 16.3. The molecule has 0 aromatic rings. The zero-order valence-electron chi connectivity index (χ0n) is 14.6. The van der Waals surface area contributed by atoms with Crippen LogP contribution in [0.5, 0.6) is 0 Å². The molecule has 0 amide bonds. The number of hydrogen-bond donors (Lipinski definition) is 6. The molecule has 0 rings (SSSR count). The van der Waals surface area contributed by atoms with Gasteiger partial charge in [-0.05, 0) is 0 Å². The van der Waals surface area contributed by atoms with Gasteiger partial charge in [0.15, 0.2) is 0 Å². The third kappa shape index (κ3) is 12.5. The van der Waals surface area contributed by atoms with Crippen LogP contribution in [-0.2, 0) is 24.9 Å². The van der Waals surface area contributed by atoms with Gasteiger partial charge in [0.25, 0.3) is 0 Å². The van der Waals surface area contributed by atoms with Crippen LogP contribution in [0.2, 0.25) is 0 Å². The summed E-state index contributed by atoms with van der Waals surface area (Å²) in [5.41, 5.74) is 31.5. The molecule has 0 saturated heterocycles. The topological polar surface area (TPSA) is 268 Å². The van der Waals surface area contributed by atoms with Crippen molar-refractivity contribution in [2.24, 2.45) is 44.4 Å². The van der Waals surface area contributed by atoms with Gasteiger partial charge in [0, 0.05) is 0 Å². The molecule has 0 heterocycles. The van der Waals surface area contributed by atoms with E-state index in [-0.39, 0.29) is 37.9 Å². The molecule has 2 unspecified atom stereocenters. The molecule has 14 nitrogen and oxygen atoms in total. The molecule has 0 aromatic heterocycles. The molecule has 2 atom stereocenters. The first-order valence-electron chi connectivity index (χ1n) is 7.78. The van der Waals surface area contributed by atoms with Gasteiger partial charge in [-0.2, -0.15) is 0 Å². The molecule has 0 aromatic carbocycles. The fraction of sp³-hybridized carbons (Fsp3) is 0.667. The number of rotatable bonds is 12. The summed E-state index contributed by atoms with van der Waals surface area (Å²) in [6.07, 6.45) is 0.730. The molecule has 0 bridgehead atoms. The second-order valence-corrected chi connectivity index (χ2v) is 7.74. The second-order valence-electron chi connectivity index (χ2n) is 5.32. The summed E-state index contributed by atoms with van der Waals surface area (Å²) in [6.45, 7) is 0.400. The summed E-state index contributed by atoms with van der Waals surface area (Å²) in [7, 11) is 0. The van der Waals surface area contributed by atoms with Crippen LogP contribution in [0.25, 0.3) is 0 Å². The Labute approximate surface area is 158 Å². The van der Waals surface area contributed by atoms with Gasteiger partial charge in [-0.15, -0.1) is 0 Å². The third-order valence-electron chi connectivity index (χ3n) is 2.91. The number of carbonyl (C=O) groups excluding carboxylic acids is 2. The van der Waals surface area contributed by atoms with E-state index < -0.39 is 37.4 Å². The van der Waals surface area contributed by atoms with E-state index in [0.29, 0.717) is 12.8 Å². The molecule has 0 radical (unpaired) electrons. The van der Waals surface area contributed by atoms with Crippen LogP contribution in [0, 0.1) is 0 Å². The summed E-state index contributed by atoms with van der Waals surface area (Å²) < 4.78 is 31.7. The van der Waals surface area contributed by atoms with Crippen molar-refractivity contribution < 1.29 is 24.9 Å². The van der Waals surface area contributed by atoms with Gasteiger partial charge in [-0.3, -0.25) is 0 Å². The van der Waals surface area contributed by atoms with Crippen molar-refractivity contribution in [2.75, 3.05) is 13.1 Å². The van der Waals surface area contributed by atoms with Crippen molar-refractivity contribution in [2.45, 2.75) is 37.8 Å². The first-order chi connectivity index (χ1) is 12.4. The molecule has 0 fully saturated rings. The van der Waals surface area contributed by atoms with Crippen LogP contribution in [-0.4, -0.2) is 62.4 Å². The van der Waals surface area contributed by atoms with E-state index in [1.165, 1.54) is 0 Å². The van der Waals surface area contributed by atoms with E-state index in [0.717, 1.165) is 0 Å². The molecule has 0 aliphatic heterocycles. The van der Waals surface area contributed by atoms with Gasteiger partial charge in [0.2, 0.25) is 0 Å². The maximum absolute atomic E-state index is 11.7. The fourth-order valence-corrected chi connectivity index (χ4v) is 3.05. The normalized spacial score (nSPS) is 13.1. The van der Waals surface area contributed by atoms with Crippen molar-refractivity contribution in [1.29, 1.82) is 0 Å². The first kappa shape index (κ1) is 24.5. The molecule has 156 valence electrons. The zero-order chi connectivity index (χ0) is 21.0. The minimum absolute atomic E-state index is 0.0567. The number of nitrogens with two attached hydrogens (primary N) is 6. The summed E-state index contributed by atoms with van der Waals surface area (Å²) in [4.78, 5) is 30.7. The Bertz CT molecular complexity index is 607. The van der Waals surface area contributed by atoms with Crippen molar-refractivity contribution in [3.8, 4) is 0 Å². The Morgan fingerprint density at radius 2 is 1.11 bits per heavy atom. The van der Waals surface area contributed by atoms with E-state index in [4.69, 9.17) is 34.4 Å². The Balaban J connectivity index is 4.40. The third-order valence-corrected chi connectivity index (χ3v) is 4.45. The predicted octanol–water partition coefficient (Wildman–Crippen LogP) is -3.87. The van der Waals surface area contributed by atoms with Gasteiger partial charge >= 0.3 is 157 Å². The van der Waals surface area contributed by atoms with Crippen molar-refractivity contribution in [3.05, 3.63) is 0 Å². The average molecular weight is 457 g/mol. The molecular weight excluding hydrogens is 431 g/mol. The van der Waals surface area contributed by atoms with E-state index in [1.807, 2.05) is 0 Å². The Kier molecular flexibility index (Phi) is 10.9. The fourth-order valence-electron chi connectivity index (χ4n) is 1.62. The van der Waals surface area contributed by atoms with Crippen LogP contribution in [0.1, 0.15) is 25.7 Å². The van der Waals surface area contributed by atoms with Crippen molar-refractivity contribution in [1.82, 2.24) is 0 Å². The number of aliphatic imine (C=N–C) groups is 2. The van der Waals surface area contributed by atoms with Crippen LogP contribution in [0.15, 0.2) is 9.98 Å². The molecule has 0 aliphatic rings. The van der Waals surface area contributed by atoms with E-state index >= 15 is 0 Å². The van der Waals surface area contributed by atoms with E-state index in [1.54, 1.807) is 0 Å². The van der Waals surface area contributed by atoms with Crippen LogP contribution in [0.4, 0.5) is 0 Å². The first-order valence-corrected chi connectivity index (χ1v) is 10.6.